The van der Waals surface area contributed by atoms with E-state index in [1.807, 2.05) is 7.05 Å². The van der Waals surface area contributed by atoms with Crippen LogP contribution in [0.15, 0.2) is 12.1 Å². The number of likely N-dealkylation sites (N-methyl/N-ethyl adjacent to an activating group) is 1. The number of rotatable bonds is 3. The van der Waals surface area contributed by atoms with E-state index >= 15 is 0 Å². The monoisotopic (exact) mass is 272 g/mol. The summed E-state index contributed by atoms with van der Waals surface area (Å²) in [5.74, 6) is -2.03. The van der Waals surface area contributed by atoms with Crippen LogP contribution < -0.4 is 5.43 Å². The van der Waals surface area contributed by atoms with Crippen LogP contribution in [-0.4, -0.2) is 48.1 Å². The maximum absolute atomic E-state index is 13.4. The Balaban J connectivity index is 2.21. The molecular weight excluding hydrogens is 258 g/mol. The molecule has 1 aromatic rings. The fourth-order valence-corrected chi connectivity index (χ4v) is 1.93. The topological polar surface area (TPSA) is 61.6 Å². The molecule has 0 amide bonds. The van der Waals surface area contributed by atoms with Crippen LogP contribution in [0, 0.1) is 21.7 Å². The number of anilines is 1. The van der Waals surface area contributed by atoms with Crippen molar-refractivity contribution in [1.29, 1.82) is 0 Å². The highest BCUT2D eigenvalue weighted by atomic mass is 19.1. The van der Waals surface area contributed by atoms with Gasteiger partial charge >= 0.3 is 5.69 Å². The second kappa shape index (κ2) is 5.45. The Hall–Kier alpha value is -1.80. The summed E-state index contributed by atoms with van der Waals surface area (Å²) in [6.07, 6.45) is 0. The SMILES string of the molecule is CN1CCN(Nc2cc(F)cc(F)c2[N+](=O)[O-])CC1. The van der Waals surface area contributed by atoms with Gasteiger partial charge in [-0.25, -0.2) is 9.40 Å². The number of piperazine rings is 1. The predicted octanol–water partition coefficient (Wildman–Crippen LogP) is 1.45. The molecule has 1 N–H and O–H groups in total. The van der Waals surface area contributed by atoms with Gasteiger partial charge in [0.25, 0.3) is 0 Å². The predicted molar refractivity (Wildman–Crippen MR) is 65.7 cm³/mol. The van der Waals surface area contributed by atoms with Gasteiger partial charge in [-0.1, -0.05) is 0 Å². The van der Waals surface area contributed by atoms with Crippen LogP contribution in [0.3, 0.4) is 0 Å². The number of nitrogens with zero attached hydrogens (tertiary/aromatic N) is 3. The van der Waals surface area contributed by atoms with Crippen LogP contribution in [0.2, 0.25) is 0 Å². The van der Waals surface area contributed by atoms with E-state index in [1.165, 1.54) is 0 Å². The van der Waals surface area contributed by atoms with Crippen molar-refractivity contribution in [1.82, 2.24) is 9.91 Å². The molecule has 0 spiro atoms. The van der Waals surface area contributed by atoms with Crippen molar-refractivity contribution < 1.29 is 13.7 Å². The molecule has 8 heteroatoms. The Kier molecular flexibility index (Phi) is 3.91. The molecule has 6 nitrogen and oxygen atoms in total. The van der Waals surface area contributed by atoms with Crippen LogP contribution in [0.5, 0.6) is 0 Å². The summed E-state index contributed by atoms with van der Waals surface area (Å²) in [6, 6.07) is 1.44. The zero-order valence-corrected chi connectivity index (χ0v) is 10.4. The number of hydrogen-bond acceptors (Lipinski definition) is 5. The maximum atomic E-state index is 13.4. The van der Waals surface area contributed by atoms with Gasteiger partial charge < -0.3 is 10.3 Å². The minimum absolute atomic E-state index is 0.160. The molecule has 1 aliphatic heterocycles. The fourth-order valence-electron chi connectivity index (χ4n) is 1.93. The quantitative estimate of drug-likeness (QED) is 0.666. The van der Waals surface area contributed by atoms with Gasteiger partial charge in [-0.15, -0.1) is 0 Å². The minimum Gasteiger partial charge on any atom is -0.313 e. The van der Waals surface area contributed by atoms with Crippen molar-refractivity contribution in [3.63, 3.8) is 0 Å². The number of hydrogen-bond donors (Lipinski definition) is 1. The summed E-state index contributed by atoms with van der Waals surface area (Å²) >= 11 is 0. The molecule has 1 aliphatic rings. The van der Waals surface area contributed by atoms with E-state index in [0.29, 0.717) is 19.2 Å². The third kappa shape index (κ3) is 3.15. The standard InChI is InChI=1S/C11H14F2N4O2/c1-15-2-4-16(5-3-15)14-10-7-8(12)6-9(13)11(10)17(18)19/h6-7,14H,2-5H2,1H3. The van der Waals surface area contributed by atoms with Gasteiger partial charge in [-0.2, -0.15) is 4.39 Å². The van der Waals surface area contributed by atoms with Gasteiger partial charge in [0.1, 0.15) is 11.5 Å². The normalized spacial score (nSPS) is 17.4. The van der Waals surface area contributed by atoms with Crippen LogP contribution in [0.25, 0.3) is 0 Å². The maximum Gasteiger partial charge on any atom is 0.329 e. The zero-order chi connectivity index (χ0) is 14.0. The van der Waals surface area contributed by atoms with Crippen LogP contribution in [0.1, 0.15) is 0 Å². The summed E-state index contributed by atoms with van der Waals surface area (Å²) in [7, 11) is 1.96. The molecule has 0 saturated carbocycles. The highest BCUT2D eigenvalue weighted by Crippen LogP contribution is 2.29. The van der Waals surface area contributed by atoms with Crippen molar-refractivity contribution in [2.24, 2.45) is 0 Å². The van der Waals surface area contributed by atoms with Crippen molar-refractivity contribution in [3.05, 3.63) is 33.9 Å². The van der Waals surface area contributed by atoms with E-state index < -0.39 is 22.2 Å². The Morgan fingerprint density at radius 3 is 2.47 bits per heavy atom. The van der Waals surface area contributed by atoms with Crippen LogP contribution in [-0.2, 0) is 0 Å². The first kappa shape index (κ1) is 13.6. The molecule has 1 aromatic carbocycles. The Labute approximate surface area is 108 Å². The highest BCUT2D eigenvalue weighted by Gasteiger charge is 2.24. The average Bonchev–Trinajstić information content (AvgIpc) is 2.30. The largest absolute Gasteiger partial charge is 0.329 e. The van der Waals surface area contributed by atoms with Crippen molar-refractivity contribution in [2.75, 3.05) is 38.7 Å². The number of hydrazine groups is 1. The van der Waals surface area contributed by atoms with E-state index in [4.69, 9.17) is 0 Å². The summed E-state index contributed by atoms with van der Waals surface area (Å²) in [5, 5.41) is 12.5. The van der Waals surface area contributed by atoms with Gasteiger partial charge in [-0.05, 0) is 7.05 Å². The molecular formula is C11H14F2N4O2. The van der Waals surface area contributed by atoms with E-state index in [1.54, 1.807) is 5.01 Å². The lowest BCUT2D eigenvalue weighted by Gasteiger charge is -2.32. The molecule has 1 heterocycles. The van der Waals surface area contributed by atoms with Crippen molar-refractivity contribution in [3.8, 4) is 0 Å². The van der Waals surface area contributed by atoms with E-state index in [2.05, 4.69) is 10.3 Å². The Morgan fingerprint density at radius 1 is 1.26 bits per heavy atom. The lowest BCUT2D eigenvalue weighted by Crippen LogP contribution is -2.47. The van der Waals surface area contributed by atoms with Gasteiger partial charge in [0.05, 0.1) is 4.92 Å². The molecule has 0 radical (unpaired) electrons. The second-order valence-electron chi connectivity index (χ2n) is 4.44. The lowest BCUT2D eigenvalue weighted by molar-refractivity contribution is -0.386. The van der Waals surface area contributed by atoms with Crippen LogP contribution in [0.4, 0.5) is 20.2 Å². The third-order valence-electron chi connectivity index (χ3n) is 2.99. The Bertz CT molecular complexity index is 490. The van der Waals surface area contributed by atoms with E-state index in [0.717, 1.165) is 19.2 Å². The average molecular weight is 272 g/mol. The molecule has 0 unspecified atom stereocenters. The van der Waals surface area contributed by atoms with E-state index in [-0.39, 0.29) is 5.69 Å². The van der Waals surface area contributed by atoms with Gasteiger partial charge in [0.2, 0.25) is 5.82 Å². The number of nitrogens with one attached hydrogen (secondary N) is 1. The molecule has 0 aliphatic carbocycles. The lowest BCUT2D eigenvalue weighted by atomic mass is 10.2. The van der Waals surface area contributed by atoms with Gasteiger partial charge in [0, 0.05) is 38.3 Å². The third-order valence-corrected chi connectivity index (χ3v) is 2.99. The number of nitro benzene ring substituents is 1. The van der Waals surface area contributed by atoms with Gasteiger partial charge in [-0.3, -0.25) is 10.1 Å². The highest BCUT2D eigenvalue weighted by molar-refractivity contribution is 5.61. The second-order valence-corrected chi connectivity index (χ2v) is 4.44. The molecule has 19 heavy (non-hydrogen) atoms. The molecule has 2 rings (SSSR count). The Morgan fingerprint density at radius 2 is 1.89 bits per heavy atom. The molecule has 1 saturated heterocycles. The summed E-state index contributed by atoms with van der Waals surface area (Å²) in [4.78, 5) is 12.1. The van der Waals surface area contributed by atoms with Crippen LogP contribution >= 0.6 is 0 Å². The zero-order valence-electron chi connectivity index (χ0n) is 10.4. The first-order valence-corrected chi connectivity index (χ1v) is 5.81. The smallest absolute Gasteiger partial charge is 0.313 e. The minimum atomic E-state index is -1.18. The van der Waals surface area contributed by atoms with Crippen molar-refractivity contribution in [2.45, 2.75) is 0 Å². The number of benzene rings is 1. The molecule has 0 bridgehead atoms. The number of halogens is 2. The first-order valence-electron chi connectivity index (χ1n) is 5.81. The van der Waals surface area contributed by atoms with Gasteiger partial charge in [0.15, 0.2) is 0 Å². The molecule has 0 aromatic heterocycles. The molecule has 104 valence electrons. The fraction of sp³-hybridized carbons (Fsp3) is 0.455. The van der Waals surface area contributed by atoms with E-state index in [9.17, 15) is 18.9 Å². The number of nitro groups is 1. The summed E-state index contributed by atoms with van der Waals surface area (Å²) in [5.41, 5.74) is 1.82. The summed E-state index contributed by atoms with van der Waals surface area (Å²) < 4.78 is 26.6. The molecule has 0 atom stereocenters. The van der Waals surface area contributed by atoms with Crippen molar-refractivity contribution >= 4 is 11.4 Å². The first-order chi connectivity index (χ1) is 8.97. The summed E-state index contributed by atoms with van der Waals surface area (Å²) in [6.45, 7) is 2.79. The molecule has 1 fully saturated rings.